The first-order valence-electron chi connectivity index (χ1n) is 7.80. The lowest BCUT2D eigenvalue weighted by atomic mass is 9.98. The molecule has 0 atom stereocenters. The maximum Gasteiger partial charge on any atom is 0.416 e. The lowest BCUT2D eigenvalue weighted by Crippen LogP contribution is -2.15. The van der Waals surface area contributed by atoms with E-state index in [9.17, 15) is 40.8 Å². The van der Waals surface area contributed by atoms with Gasteiger partial charge in [-0.2, -0.15) is 26.3 Å². The van der Waals surface area contributed by atoms with Crippen LogP contribution >= 0.6 is 0 Å². The van der Waals surface area contributed by atoms with Gasteiger partial charge in [-0.05, 0) is 35.7 Å². The molecule has 0 aromatic heterocycles. The third kappa shape index (κ3) is 5.83. The van der Waals surface area contributed by atoms with Gasteiger partial charge in [-0.3, -0.25) is 10.1 Å². The summed E-state index contributed by atoms with van der Waals surface area (Å²) in [5, 5.41) is 13.5. The molecule has 0 bridgehead atoms. The van der Waals surface area contributed by atoms with Crippen LogP contribution < -0.4 is 5.32 Å². The number of halogens is 7. The molecule has 28 heavy (non-hydrogen) atoms. The number of nitrogens with one attached hydrogen (secondary N) is 1. The van der Waals surface area contributed by atoms with Gasteiger partial charge in [-0.15, -0.1) is 0 Å². The molecular weight excluding hydrogens is 397 g/mol. The summed E-state index contributed by atoms with van der Waals surface area (Å²) in [6.45, 7) is -0.597. The van der Waals surface area contributed by atoms with Crippen molar-refractivity contribution in [3.05, 3.63) is 69.0 Å². The fraction of sp³-hybridized carbons (Fsp3) is 0.294. The molecule has 0 fully saturated rings. The largest absolute Gasteiger partial charge is 0.416 e. The highest BCUT2D eigenvalue weighted by molar-refractivity contribution is 5.63. The third-order valence-corrected chi connectivity index (χ3v) is 3.75. The van der Waals surface area contributed by atoms with Gasteiger partial charge in [0.15, 0.2) is 0 Å². The summed E-state index contributed by atoms with van der Waals surface area (Å²) in [5.74, 6) is -1.08. The molecule has 1 N–H and O–H groups in total. The van der Waals surface area contributed by atoms with E-state index in [1.165, 1.54) is 6.07 Å². The van der Waals surface area contributed by atoms with Crippen LogP contribution in [0.1, 0.15) is 23.1 Å². The highest BCUT2D eigenvalue weighted by atomic mass is 19.4. The Morgan fingerprint density at radius 3 is 2.25 bits per heavy atom. The molecule has 0 aliphatic heterocycles. The quantitative estimate of drug-likeness (QED) is 0.377. The Bertz CT molecular complexity index is 864. The highest BCUT2D eigenvalue weighted by Gasteiger charge is 2.34. The van der Waals surface area contributed by atoms with Crippen molar-refractivity contribution in [2.75, 3.05) is 11.9 Å². The van der Waals surface area contributed by atoms with Crippen molar-refractivity contribution in [3.63, 3.8) is 0 Å². The summed E-state index contributed by atoms with van der Waals surface area (Å²) in [5.41, 5.74) is -2.14. The van der Waals surface area contributed by atoms with E-state index in [1.54, 1.807) is 0 Å². The van der Waals surface area contributed by atoms with Gasteiger partial charge < -0.3 is 5.32 Å². The number of hydrogen-bond acceptors (Lipinski definition) is 3. The molecule has 0 aliphatic carbocycles. The first-order valence-corrected chi connectivity index (χ1v) is 7.80. The molecule has 0 amide bonds. The minimum absolute atomic E-state index is 0.116. The van der Waals surface area contributed by atoms with Crippen LogP contribution in [0.15, 0.2) is 36.4 Å². The molecule has 0 spiro atoms. The van der Waals surface area contributed by atoms with E-state index in [4.69, 9.17) is 0 Å². The second kappa shape index (κ2) is 8.03. The fourth-order valence-corrected chi connectivity index (χ4v) is 2.51. The van der Waals surface area contributed by atoms with Crippen molar-refractivity contribution in [3.8, 4) is 0 Å². The molecule has 2 rings (SSSR count). The summed E-state index contributed by atoms with van der Waals surface area (Å²) in [4.78, 5) is 10.3. The van der Waals surface area contributed by atoms with Crippen molar-refractivity contribution >= 4 is 11.4 Å². The average Bonchev–Trinajstić information content (AvgIpc) is 2.55. The molecule has 0 saturated heterocycles. The van der Waals surface area contributed by atoms with Gasteiger partial charge in [0.05, 0.1) is 16.9 Å². The van der Waals surface area contributed by atoms with Crippen LogP contribution in [0, 0.1) is 15.9 Å². The molecule has 4 nitrogen and oxygen atoms in total. The summed E-state index contributed by atoms with van der Waals surface area (Å²) in [6.07, 6.45) is -10.9. The molecule has 0 saturated carbocycles. The average molecular weight is 410 g/mol. The van der Waals surface area contributed by atoms with Crippen LogP contribution in [-0.2, 0) is 12.6 Å². The van der Waals surface area contributed by atoms with Crippen molar-refractivity contribution < 1.29 is 35.7 Å². The maximum absolute atomic E-state index is 13.2. The summed E-state index contributed by atoms with van der Waals surface area (Å²) in [7, 11) is 0. The number of nitrogens with zero attached hydrogens (tertiary/aromatic N) is 1. The lowest BCUT2D eigenvalue weighted by molar-refractivity contribution is -0.384. The zero-order valence-electron chi connectivity index (χ0n) is 14.0. The maximum atomic E-state index is 13.2. The Morgan fingerprint density at radius 2 is 1.68 bits per heavy atom. The van der Waals surface area contributed by atoms with E-state index in [1.807, 2.05) is 0 Å². The number of anilines is 1. The molecular formula is C17H13F7N2O2. The van der Waals surface area contributed by atoms with Gasteiger partial charge in [0.2, 0.25) is 0 Å². The van der Waals surface area contributed by atoms with Crippen molar-refractivity contribution in [1.82, 2.24) is 0 Å². The Balaban J connectivity index is 2.29. The molecule has 2 aromatic carbocycles. The second-order valence-corrected chi connectivity index (χ2v) is 5.88. The van der Waals surface area contributed by atoms with Crippen molar-refractivity contribution in [2.24, 2.45) is 0 Å². The minimum Gasteiger partial charge on any atom is -0.379 e. The zero-order valence-corrected chi connectivity index (χ0v) is 14.0. The van der Waals surface area contributed by atoms with Crippen LogP contribution in [0.25, 0.3) is 0 Å². The topological polar surface area (TPSA) is 55.2 Å². The molecule has 0 unspecified atom stereocenters. The van der Waals surface area contributed by atoms with Gasteiger partial charge in [0.25, 0.3) is 5.69 Å². The van der Waals surface area contributed by atoms with Crippen LogP contribution in [0.4, 0.5) is 42.1 Å². The molecule has 0 radical (unpaired) electrons. The summed E-state index contributed by atoms with van der Waals surface area (Å²) >= 11 is 0. The number of alkyl halides is 6. The predicted octanol–water partition coefficient (Wildman–Crippen LogP) is 5.71. The third-order valence-electron chi connectivity index (χ3n) is 3.75. The smallest absolute Gasteiger partial charge is 0.379 e. The minimum atomic E-state index is -4.82. The fourth-order valence-electron chi connectivity index (χ4n) is 2.51. The summed E-state index contributed by atoms with van der Waals surface area (Å²) < 4.78 is 88.9. The molecule has 152 valence electrons. The molecule has 2 aromatic rings. The number of hydrogen-bond donors (Lipinski definition) is 1. The monoisotopic (exact) mass is 410 g/mol. The van der Waals surface area contributed by atoms with E-state index >= 15 is 0 Å². The normalized spacial score (nSPS) is 12.1. The first kappa shape index (κ1) is 21.5. The number of nitro groups is 1. The van der Waals surface area contributed by atoms with Crippen LogP contribution in [0.3, 0.4) is 0 Å². The Kier molecular flexibility index (Phi) is 6.15. The van der Waals surface area contributed by atoms with Gasteiger partial charge in [0, 0.05) is 12.6 Å². The number of nitro benzene ring substituents is 1. The van der Waals surface area contributed by atoms with Crippen LogP contribution in [0.2, 0.25) is 0 Å². The molecule has 11 heteroatoms. The van der Waals surface area contributed by atoms with Crippen molar-refractivity contribution in [1.29, 1.82) is 0 Å². The van der Waals surface area contributed by atoms with Crippen LogP contribution in [0.5, 0.6) is 0 Å². The predicted molar refractivity (Wildman–Crippen MR) is 86.5 cm³/mol. The first-order chi connectivity index (χ1) is 12.9. The Morgan fingerprint density at radius 1 is 1.00 bits per heavy atom. The van der Waals surface area contributed by atoms with Gasteiger partial charge in [-0.25, -0.2) is 4.39 Å². The molecule has 0 aliphatic rings. The van der Waals surface area contributed by atoms with Crippen LogP contribution in [-0.4, -0.2) is 17.6 Å². The Hall–Kier alpha value is -2.85. The number of benzene rings is 2. The SMILES string of the molecule is O=[N+]([O-])c1cc(Cc2ccc(F)cc2C(F)(F)F)ccc1NCCC(F)(F)F. The standard InChI is InChI=1S/C17H13F7N2O2/c18-12-3-2-11(13(9-12)17(22,23)24)7-10-1-4-14(15(8-10)26(27)28)25-6-5-16(19,20)21/h1-4,8-9,25H,5-7H2. The van der Waals surface area contributed by atoms with Crippen molar-refractivity contribution in [2.45, 2.75) is 25.2 Å². The zero-order chi connectivity index (χ0) is 21.1. The van der Waals surface area contributed by atoms with E-state index in [0.717, 1.165) is 24.3 Å². The Labute approximate surface area is 154 Å². The van der Waals surface area contributed by atoms with E-state index in [-0.39, 0.29) is 23.2 Å². The van der Waals surface area contributed by atoms with Gasteiger partial charge in [0.1, 0.15) is 11.5 Å². The lowest BCUT2D eigenvalue weighted by Gasteiger charge is -2.14. The summed E-state index contributed by atoms with van der Waals surface area (Å²) in [6, 6.07) is 5.45. The van der Waals surface area contributed by atoms with E-state index < -0.39 is 47.3 Å². The van der Waals surface area contributed by atoms with Gasteiger partial charge in [-0.1, -0.05) is 12.1 Å². The van der Waals surface area contributed by atoms with E-state index in [0.29, 0.717) is 6.07 Å². The highest BCUT2D eigenvalue weighted by Crippen LogP contribution is 2.34. The second-order valence-electron chi connectivity index (χ2n) is 5.88. The number of rotatable bonds is 6. The van der Waals surface area contributed by atoms with E-state index in [2.05, 4.69) is 5.32 Å². The molecule has 0 heterocycles. The van der Waals surface area contributed by atoms with Gasteiger partial charge >= 0.3 is 12.4 Å².